The number of anilines is 1. The lowest BCUT2D eigenvalue weighted by Crippen LogP contribution is -2.36. The summed E-state index contributed by atoms with van der Waals surface area (Å²) in [6.45, 7) is 8.10. The Balaban J connectivity index is 2.18. The van der Waals surface area contributed by atoms with E-state index in [2.05, 4.69) is 19.1 Å². The summed E-state index contributed by atoms with van der Waals surface area (Å²) in [5, 5.41) is 20.7. The zero-order valence-electron chi connectivity index (χ0n) is 15.8. The van der Waals surface area contributed by atoms with E-state index in [1.165, 1.54) is 0 Å². The third-order valence-corrected chi connectivity index (χ3v) is 4.74. The van der Waals surface area contributed by atoms with Crippen molar-refractivity contribution in [3.05, 3.63) is 42.0 Å². The van der Waals surface area contributed by atoms with Gasteiger partial charge in [-0.2, -0.15) is 0 Å². The molecular weight excluding hydrogens is 314 g/mol. The predicted molar refractivity (Wildman–Crippen MR) is 101 cm³/mol. The molecule has 0 radical (unpaired) electrons. The Morgan fingerprint density at radius 3 is 2.44 bits per heavy atom. The van der Waals surface area contributed by atoms with Crippen molar-refractivity contribution in [2.24, 2.45) is 5.41 Å². The minimum absolute atomic E-state index is 0.0505. The molecular formula is C21H31NO3. The summed E-state index contributed by atoms with van der Waals surface area (Å²) < 4.78 is 0. The van der Waals surface area contributed by atoms with Crippen LogP contribution in [-0.2, 0) is 4.79 Å². The van der Waals surface area contributed by atoms with Crippen molar-refractivity contribution in [3.8, 4) is 0 Å². The summed E-state index contributed by atoms with van der Waals surface area (Å²) in [5.41, 5.74) is 1.37. The molecule has 1 aliphatic heterocycles. The zero-order chi connectivity index (χ0) is 18.6. The van der Waals surface area contributed by atoms with E-state index >= 15 is 0 Å². The minimum Gasteiger partial charge on any atom is -0.390 e. The number of amides is 1. The Hall–Kier alpha value is -1.65. The summed E-state index contributed by atoms with van der Waals surface area (Å²) in [5.74, 6) is -0.0505. The number of carbonyl (C=O) groups is 1. The number of hydrogen-bond acceptors (Lipinski definition) is 3. The molecule has 2 rings (SSSR count). The van der Waals surface area contributed by atoms with Crippen LogP contribution < -0.4 is 4.90 Å². The van der Waals surface area contributed by atoms with Gasteiger partial charge in [-0.15, -0.1) is 0 Å². The maximum atomic E-state index is 12.4. The van der Waals surface area contributed by atoms with Crippen LogP contribution in [0.1, 0.15) is 65.0 Å². The number of rotatable bonds is 6. The molecule has 1 aromatic carbocycles. The molecule has 2 N–H and O–H groups in total. The van der Waals surface area contributed by atoms with E-state index in [0.29, 0.717) is 6.42 Å². The molecule has 3 atom stereocenters. The van der Waals surface area contributed by atoms with Crippen molar-refractivity contribution >= 4 is 11.6 Å². The molecule has 0 saturated carbocycles. The molecule has 0 bridgehead atoms. The first-order chi connectivity index (χ1) is 11.8. The molecule has 138 valence electrons. The fourth-order valence-corrected chi connectivity index (χ4v) is 3.21. The molecule has 1 fully saturated rings. The minimum atomic E-state index is -0.640. The fraction of sp³-hybridized carbons (Fsp3) is 0.571. The average molecular weight is 345 g/mol. The fourth-order valence-electron chi connectivity index (χ4n) is 3.21. The maximum absolute atomic E-state index is 12.4. The van der Waals surface area contributed by atoms with E-state index in [4.69, 9.17) is 0 Å². The standard InChI is InChI=1S/C21H31NO3/c1-5-6-7-8-9-17-18(23)14-19(24)22(17)16-12-10-15(11-13-16)20(25)21(2,3)4/h7-8,10-13,17-18,20,23,25H,5-6,9,14H2,1-4H3/b8-7-. The Morgan fingerprint density at radius 1 is 1.24 bits per heavy atom. The normalized spacial score (nSPS) is 22.8. The van der Waals surface area contributed by atoms with Gasteiger partial charge in [-0.25, -0.2) is 0 Å². The summed E-state index contributed by atoms with van der Waals surface area (Å²) in [4.78, 5) is 14.1. The van der Waals surface area contributed by atoms with Crippen molar-refractivity contribution in [2.75, 3.05) is 4.90 Å². The first kappa shape index (κ1) is 19.7. The second kappa shape index (κ2) is 8.15. The van der Waals surface area contributed by atoms with E-state index in [-0.39, 0.29) is 23.8 Å². The van der Waals surface area contributed by atoms with Gasteiger partial charge in [0.05, 0.1) is 24.7 Å². The Morgan fingerprint density at radius 2 is 1.88 bits per heavy atom. The topological polar surface area (TPSA) is 60.8 Å². The van der Waals surface area contributed by atoms with E-state index < -0.39 is 12.2 Å². The first-order valence-electron chi connectivity index (χ1n) is 9.18. The Kier molecular flexibility index (Phi) is 6.42. The van der Waals surface area contributed by atoms with Crippen LogP contribution in [0.4, 0.5) is 5.69 Å². The van der Waals surface area contributed by atoms with Gasteiger partial charge in [0.1, 0.15) is 0 Å². The second-order valence-corrected chi connectivity index (χ2v) is 7.96. The lowest BCUT2D eigenvalue weighted by atomic mass is 9.85. The van der Waals surface area contributed by atoms with Crippen molar-refractivity contribution < 1.29 is 15.0 Å². The van der Waals surface area contributed by atoms with Crippen molar-refractivity contribution in [2.45, 2.75) is 71.6 Å². The molecule has 0 aliphatic carbocycles. The highest BCUT2D eigenvalue weighted by Crippen LogP contribution is 2.35. The van der Waals surface area contributed by atoms with Crippen molar-refractivity contribution in [1.29, 1.82) is 0 Å². The highest BCUT2D eigenvalue weighted by Gasteiger charge is 2.38. The van der Waals surface area contributed by atoms with E-state index in [0.717, 1.165) is 24.1 Å². The molecule has 0 aromatic heterocycles. The number of allylic oxidation sites excluding steroid dienone is 1. The molecule has 4 nitrogen and oxygen atoms in total. The number of nitrogens with zero attached hydrogens (tertiary/aromatic N) is 1. The smallest absolute Gasteiger partial charge is 0.230 e. The molecule has 1 amide bonds. The van der Waals surface area contributed by atoms with Gasteiger partial charge >= 0.3 is 0 Å². The number of hydrogen-bond donors (Lipinski definition) is 2. The van der Waals surface area contributed by atoms with Crippen molar-refractivity contribution in [3.63, 3.8) is 0 Å². The molecule has 1 heterocycles. The zero-order valence-corrected chi connectivity index (χ0v) is 15.8. The van der Waals surface area contributed by atoms with E-state index in [1.54, 1.807) is 4.90 Å². The average Bonchev–Trinajstić information content (AvgIpc) is 2.84. The van der Waals surface area contributed by atoms with Crippen LogP contribution in [-0.4, -0.2) is 28.3 Å². The lowest BCUT2D eigenvalue weighted by molar-refractivity contribution is -0.117. The van der Waals surface area contributed by atoms with Gasteiger partial charge in [-0.3, -0.25) is 4.79 Å². The number of unbranched alkanes of at least 4 members (excludes halogenated alkanes) is 1. The van der Waals surface area contributed by atoms with Gasteiger partial charge in [-0.1, -0.05) is 58.4 Å². The van der Waals surface area contributed by atoms with Gasteiger partial charge in [0.2, 0.25) is 5.91 Å². The van der Waals surface area contributed by atoms with Crippen LogP contribution in [0.15, 0.2) is 36.4 Å². The van der Waals surface area contributed by atoms with Crippen LogP contribution >= 0.6 is 0 Å². The molecule has 1 saturated heterocycles. The molecule has 3 unspecified atom stereocenters. The molecule has 1 aromatic rings. The van der Waals surface area contributed by atoms with Crippen LogP contribution in [0.2, 0.25) is 0 Å². The lowest BCUT2D eigenvalue weighted by Gasteiger charge is -2.28. The van der Waals surface area contributed by atoms with Gasteiger partial charge in [-0.05, 0) is 36.0 Å². The van der Waals surface area contributed by atoms with Gasteiger partial charge in [0.25, 0.3) is 0 Å². The van der Waals surface area contributed by atoms with Crippen LogP contribution in [0.5, 0.6) is 0 Å². The first-order valence-corrected chi connectivity index (χ1v) is 9.18. The summed E-state index contributed by atoms with van der Waals surface area (Å²) in [7, 11) is 0. The Bertz CT molecular complexity index is 601. The van der Waals surface area contributed by atoms with Gasteiger partial charge < -0.3 is 15.1 Å². The quantitative estimate of drug-likeness (QED) is 0.767. The summed E-state index contributed by atoms with van der Waals surface area (Å²) in [6, 6.07) is 7.24. The molecule has 1 aliphatic rings. The second-order valence-electron chi connectivity index (χ2n) is 7.96. The van der Waals surface area contributed by atoms with Crippen LogP contribution in [0.3, 0.4) is 0 Å². The predicted octanol–water partition coefficient (Wildman–Crippen LogP) is 3.98. The van der Waals surface area contributed by atoms with Crippen LogP contribution in [0, 0.1) is 5.41 Å². The third-order valence-electron chi connectivity index (χ3n) is 4.74. The largest absolute Gasteiger partial charge is 0.390 e. The number of aliphatic hydroxyl groups is 2. The molecule has 4 heteroatoms. The van der Waals surface area contributed by atoms with Crippen LogP contribution in [0.25, 0.3) is 0 Å². The van der Waals surface area contributed by atoms with E-state index in [9.17, 15) is 15.0 Å². The number of aliphatic hydroxyl groups excluding tert-OH is 2. The number of carbonyl (C=O) groups excluding carboxylic acids is 1. The molecule has 25 heavy (non-hydrogen) atoms. The maximum Gasteiger partial charge on any atom is 0.230 e. The SMILES string of the molecule is CCC/C=C\CC1C(O)CC(=O)N1c1ccc(C(O)C(C)(C)C)cc1. The van der Waals surface area contributed by atoms with Gasteiger partial charge in [0, 0.05) is 5.69 Å². The number of benzene rings is 1. The highest BCUT2D eigenvalue weighted by atomic mass is 16.3. The van der Waals surface area contributed by atoms with Gasteiger partial charge in [0.15, 0.2) is 0 Å². The monoisotopic (exact) mass is 345 g/mol. The third kappa shape index (κ3) is 4.71. The highest BCUT2D eigenvalue weighted by molar-refractivity contribution is 5.97. The summed E-state index contributed by atoms with van der Waals surface area (Å²) in [6.07, 6.45) is 5.88. The Labute approximate surface area is 151 Å². The molecule has 0 spiro atoms. The van der Waals surface area contributed by atoms with Crippen molar-refractivity contribution in [1.82, 2.24) is 0 Å². The summed E-state index contributed by atoms with van der Waals surface area (Å²) >= 11 is 0. The van der Waals surface area contributed by atoms with E-state index in [1.807, 2.05) is 45.0 Å².